The van der Waals surface area contributed by atoms with Crippen molar-refractivity contribution in [3.63, 3.8) is 0 Å². The zero-order valence-corrected chi connectivity index (χ0v) is 16.4. The first-order valence-corrected chi connectivity index (χ1v) is 9.92. The first kappa shape index (κ1) is 19.6. The van der Waals surface area contributed by atoms with Crippen LogP contribution in [0.25, 0.3) is 0 Å². The van der Waals surface area contributed by atoms with Crippen molar-refractivity contribution >= 4 is 0 Å². The summed E-state index contributed by atoms with van der Waals surface area (Å²) >= 11 is 0. The number of rotatable bonds is 9. The van der Waals surface area contributed by atoms with E-state index in [9.17, 15) is 5.11 Å². The van der Waals surface area contributed by atoms with Crippen molar-refractivity contribution in [1.29, 1.82) is 0 Å². The van der Waals surface area contributed by atoms with Gasteiger partial charge in [0.25, 0.3) is 0 Å². The Bertz CT molecular complexity index is 655. The molecule has 0 amide bonds. The first-order valence-electron chi connectivity index (χ1n) is 9.92. The van der Waals surface area contributed by atoms with Crippen LogP contribution in [-0.4, -0.2) is 5.11 Å². The average Bonchev–Trinajstić information content (AvgIpc) is 2.61. The minimum Gasteiger partial charge on any atom is -0.508 e. The van der Waals surface area contributed by atoms with Gasteiger partial charge >= 0.3 is 0 Å². The highest BCUT2D eigenvalue weighted by molar-refractivity contribution is 5.53. The third-order valence-corrected chi connectivity index (χ3v) is 5.31. The Morgan fingerprint density at radius 3 is 2.16 bits per heavy atom. The maximum Gasteiger partial charge on any atom is 0.119 e. The minimum atomic E-state index is -0.199. The number of phenolic OH excluding ortho intramolecular Hbond substituents is 1. The second kappa shape index (κ2) is 9.08. The van der Waals surface area contributed by atoms with Gasteiger partial charge < -0.3 is 5.11 Å². The maximum absolute atomic E-state index is 10.8. The highest BCUT2D eigenvalue weighted by atomic mass is 16.3. The van der Waals surface area contributed by atoms with E-state index in [1.165, 1.54) is 42.4 Å². The second-order valence-corrected chi connectivity index (χ2v) is 7.65. The third-order valence-electron chi connectivity index (χ3n) is 5.31. The molecular weight excluding hydrogens is 304 g/mol. The number of hydrogen-bond donors (Lipinski definition) is 1. The number of aromatic hydroxyl groups is 1. The summed E-state index contributed by atoms with van der Waals surface area (Å²) in [5.41, 5.74) is 4.98. The number of phenols is 1. The van der Waals surface area contributed by atoms with Crippen LogP contribution in [0.15, 0.2) is 42.5 Å². The molecule has 2 aromatic rings. The van der Waals surface area contributed by atoms with E-state index >= 15 is 0 Å². The fourth-order valence-electron chi connectivity index (χ4n) is 3.89. The van der Waals surface area contributed by atoms with Crippen molar-refractivity contribution in [2.75, 3.05) is 0 Å². The quantitative estimate of drug-likeness (QED) is 0.499. The summed E-state index contributed by atoms with van der Waals surface area (Å²) in [5, 5.41) is 10.8. The summed E-state index contributed by atoms with van der Waals surface area (Å²) < 4.78 is 0. The monoisotopic (exact) mass is 338 g/mol. The van der Waals surface area contributed by atoms with Crippen LogP contribution in [0.3, 0.4) is 0 Å². The summed E-state index contributed by atoms with van der Waals surface area (Å²) in [5.74, 6) is 0.444. The van der Waals surface area contributed by atoms with Gasteiger partial charge in [-0.2, -0.15) is 0 Å². The minimum absolute atomic E-state index is 0.199. The van der Waals surface area contributed by atoms with E-state index in [0.717, 1.165) is 24.8 Å². The Kier molecular flexibility index (Phi) is 7.11. The van der Waals surface area contributed by atoms with E-state index in [4.69, 9.17) is 0 Å². The van der Waals surface area contributed by atoms with Crippen molar-refractivity contribution in [1.82, 2.24) is 0 Å². The largest absolute Gasteiger partial charge is 0.508 e. The first-order chi connectivity index (χ1) is 12.0. The molecule has 0 bridgehead atoms. The van der Waals surface area contributed by atoms with E-state index in [-0.39, 0.29) is 5.41 Å². The molecule has 0 radical (unpaired) electrons. The Morgan fingerprint density at radius 2 is 1.52 bits per heavy atom. The fraction of sp³-hybridized carbons (Fsp3) is 0.500. The van der Waals surface area contributed by atoms with E-state index in [2.05, 4.69) is 64.1 Å². The Balaban J connectivity index is 2.48. The summed E-state index contributed by atoms with van der Waals surface area (Å²) in [7, 11) is 0. The number of unbranched alkanes of at least 4 members (excludes halogenated alkanes) is 3. The molecule has 1 heteroatoms. The molecule has 0 aromatic heterocycles. The molecule has 0 saturated heterocycles. The molecule has 0 aliphatic carbocycles. The van der Waals surface area contributed by atoms with E-state index in [1.807, 2.05) is 6.07 Å². The Hall–Kier alpha value is -1.76. The van der Waals surface area contributed by atoms with Crippen LogP contribution in [0.1, 0.15) is 82.1 Å². The summed E-state index contributed by atoms with van der Waals surface area (Å²) in [6.45, 7) is 8.96. The van der Waals surface area contributed by atoms with E-state index in [0.29, 0.717) is 5.75 Å². The van der Waals surface area contributed by atoms with Gasteiger partial charge in [0.15, 0.2) is 0 Å². The van der Waals surface area contributed by atoms with Gasteiger partial charge in [-0.15, -0.1) is 0 Å². The van der Waals surface area contributed by atoms with Gasteiger partial charge in [0.2, 0.25) is 0 Å². The average molecular weight is 339 g/mol. The topological polar surface area (TPSA) is 20.2 Å². The Labute approximate surface area is 154 Å². The highest BCUT2D eigenvalue weighted by Crippen LogP contribution is 2.41. The van der Waals surface area contributed by atoms with Gasteiger partial charge in [-0.1, -0.05) is 89.8 Å². The summed E-state index contributed by atoms with van der Waals surface area (Å²) in [6.07, 6.45) is 8.30. The van der Waals surface area contributed by atoms with Gasteiger partial charge in [-0.25, -0.2) is 0 Å². The molecule has 0 aliphatic heterocycles. The lowest BCUT2D eigenvalue weighted by molar-refractivity contribution is 0.449. The molecule has 0 atom stereocenters. The summed E-state index contributed by atoms with van der Waals surface area (Å²) in [6, 6.07) is 14.6. The SMILES string of the molecule is CCCCCCc1c(CCC)ccc(O)c1C(C)(C)c1ccccc1. The molecule has 0 aliphatic rings. The van der Waals surface area contributed by atoms with Gasteiger partial charge in [-0.05, 0) is 42.0 Å². The fourth-order valence-corrected chi connectivity index (χ4v) is 3.89. The molecule has 0 unspecified atom stereocenters. The third kappa shape index (κ3) is 4.66. The van der Waals surface area contributed by atoms with Crippen molar-refractivity contribution in [2.24, 2.45) is 0 Å². The van der Waals surface area contributed by atoms with Crippen LogP contribution in [0.4, 0.5) is 0 Å². The normalized spacial score (nSPS) is 11.7. The maximum atomic E-state index is 10.8. The summed E-state index contributed by atoms with van der Waals surface area (Å²) in [4.78, 5) is 0. The van der Waals surface area contributed by atoms with Crippen molar-refractivity contribution in [2.45, 2.75) is 78.1 Å². The number of aryl methyl sites for hydroxylation is 1. The lowest BCUT2D eigenvalue weighted by Crippen LogP contribution is -2.22. The van der Waals surface area contributed by atoms with E-state index in [1.54, 1.807) is 0 Å². The predicted octanol–water partition coefficient (Wildman–Crippen LogP) is 6.79. The molecule has 2 aromatic carbocycles. The molecule has 0 spiro atoms. The molecule has 0 heterocycles. The zero-order valence-electron chi connectivity index (χ0n) is 16.4. The molecule has 1 N–H and O–H groups in total. The van der Waals surface area contributed by atoms with Crippen LogP contribution in [0, 0.1) is 0 Å². The van der Waals surface area contributed by atoms with Crippen LogP contribution in [-0.2, 0) is 18.3 Å². The number of benzene rings is 2. The van der Waals surface area contributed by atoms with E-state index < -0.39 is 0 Å². The molecule has 2 rings (SSSR count). The van der Waals surface area contributed by atoms with Crippen molar-refractivity contribution in [3.05, 3.63) is 64.7 Å². The van der Waals surface area contributed by atoms with Crippen LogP contribution in [0.2, 0.25) is 0 Å². The molecular formula is C24H34O. The zero-order chi connectivity index (χ0) is 18.3. The van der Waals surface area contributed by atoms with Crippen LogP contribution < -0.4 is 0 Å². The molecule has 0 saturated carbocycles. The lowest BCUT2D eigenvalue weighted by Gasteiger charge is -2.31. The van der Waals surface area contributed by atoms with Gasteiger partial charge in [0.1, 0.15) is 5.75 Å². The van der Waals surface area contributed by atoms with Crippen molar-refractivity contribution in [3.8, 4) is 5.75 Å². The highest BCUT2D eigenvalue weighted by Gasteiger charge is 2.29. The van der Waals surface area contributed by atoms with Crippen LogP contribution >= 0.6 is 0 Å². The van der Waals surface area contributed by atoms with Gasteiger partial charge in [0.05, 0.1) is 0 Å². The van der Waals surface area contributed by atoms with Crippen molar-refractivity contribution < 1.29 is 5.11 Å². The molecule has 25 heavy (non-hydrogen) atoms. The molecule has 1 nitrogen and oxygen atoms in total. The van der Waals surface area contributed by atoms with Gasteiger partial charge in [0, 0.05) is 11.0 Å². The number of hydrogen-bond acceptors (Lipinski definition) is 1. The predicted molar refractivity (Wildman–Crippen MR) is 109 cm³/mol. The Morgan fingerprint density at radius 1 is 0.800 bits per heavy atom. The molecule has 0 fully saturated rings. The van der Waals surface area contributed by atoms with Gasteiger partial charge in [-0.3, -0.25) is 0 Å². The lowest BCUT2D eigenvalue weighted by atomic mass is 9.73. The second-order valence-electron chi connectivity index (χ2n) is 7.65. The smallest absolute Gasteiger partial charge is 0.119 e. The standard InChI is InChI=1S/C24H34O/c1-5-7-8-12-16-21-19(13-6-2)17-18-22(25)23(21)24(3,4)20-14-10-9-11-15-20/h9-11,14-15,17-18,25H,5-8,12-13,16H2,1-4H3. The molecule has 136 valence electrons. The van der Waals surface area contributed by atoms with Crippen LogP contribution in [0.5, 0.6) is 5.75 Å².